The molecule has 0 saturated heterocycles. The maximum absolute atomic E-state index is 11.7. The highest BCUT2D eigenvalue weighted by molar-refractivity contribution is 7.98. The number of carboxylic acids is 1. The van der Waals surface area contributed by atoms with E-state index in [-0.39, 0.29) is 0 Å². The number of aliphatic carboxylic acids is 1. The molecule has 0 bridgehead atoms. The van der Waals surface area contributed by atoms with E-state index in [1.807, 2.05) is 37.4 Å². The Morgan fingerprint density at radius 1 is 1.30 bits per heavy atom. The lowest BCUT2D eigenvalue weighted by Gasteiger charge is -2.14. The van der Waals surface area contributed by atoms with Gasteiger partial charge in [0.15, 0.2) is 0 Å². The molecule has 0 saturated carbocycles. The number of benzene rings is 1. The van der Waals surface area contributed by atoms with E-state index in [1.165, 1.54) is 0 Å². The van der Waals surface area contributed by atoms with Crippen LogP contribution in [-0.4, -0.2) is 35.2 Å². The number of hydrogen-bond acceptors (Lipinski definition) is 3. The van der Waals surface area contributed by atoms with Gasteiger partial charge in [0.25, 0.3) is 0 Å². The molecule has 2 amide bonds. The summed E-state index contributed by atoms with van der Waals surface area (Å²) in [7, 11) is 0. The van der Waals surface area contributed by atoms with E-state index < -0.39 is 18.0 Å². The summed E-state index contributed by atoms with van der Waals surface area (Å²) in [6.07, 6.45) is 2.31. The molecule has 20 heavy (non-hydrogen) atoms. The van der Waals surface area contributed by atoms with Crippen LogP contribution < -0.4 is 10.6 Å². The number of hydrogen-bond donors (Lipinski definition) is 3. The van der Waals surface area contributed by atoms with Gasteiger partial charge in [0.1, 0.15) is 6.04 Å². The summed E-state index contributed by atoms with van der Waals surface area (Å²) >= 11 is 1.55. The first-order valence-corrected chi connectivity index (χ1v) is 7.74. The lowest BCUT2D eigenvalue weighted by molar-refractivity contribution is -0.139. The van der Waals surface area contributed by atoms with Crippen molar-refractivity contribution in [3.8, 4) is 0 Å². The lowest BCUT2D eigenvalue weighted by atomic mass is 10.1. The van der Waals surface area contributed by atoms with E-state index in [1.54, 1.807) is 11.8 Å². The zero-order chi connectivity index (χ0) is 15.0. The van der Waals surface area contributed by atoms with Crippen LogP contribution in [0.4, 0.5) is 4.79 Å². The fourth-order valence-corrected chi connectivity index (χ4v) is 2.06. The quantitative estimate of drug-likeness (QED) is 0.719. The van der Waals surface area contributed by atoms with Crippen molar-refractivity contribution in [2.75, 3.05) is 12.0 Å². The van der Waals surface area contributed by atoms with Crippen molar-refractivity contribution >= 4 is 23.8 Å². The molecule has 1 atom stereocenters. The van der Waals surface area contributed by atoms with Crippen molar-refractivity contribution in [2.24, 2.45) is 0 Å². The van der Waals surface area contributed by atoms with Gasteiger partial charge in [0.2, 0.25) is 0 Å². The number of thioether (sulfide) groups is 1. The van der Waals surface area contributed by atoms with Gasteiger partial charge in [-0.2, -0.15) is 11.8 Å². The minimum atomic E-state index is -1.01. The van der Waals surface area contributed by atoms with E-state index in [4.69, 9.17) is 5.11 Å². The minimum absolute atomic E-state index is 0.376. The predicted octanol–water partition coefficient (Wildman–Crippen LogP) is 2.00. The third-order valence-corrected chi connectivity index (χ3v) is 3.43. The van der Waals surface area contributed by atoms with Crippen LogP contribution in [0.2, 0.25) is 0 Å². The second-order valence-corrected chi connectivity index (χ2v) is 5.47. The van der Waals surface area contributed by atoms with Crippen LogP contribution in [0.1, 0.15) is 17.5 Å². The molecule has 0 aliphatic carbocycles. The van der Waals surface area contributed by atoms with Crippen molar-refractivity contribution in [1.82, 2.24) is 10.6 Å². The van der Waals surface area contributed by atoms with Gasteiger partial charge in [0.05, 0.1) is 0 Å². The molecule has 0 fully saturated rings. The highest BCUT2D eigenvalue weighted by Gasteiger charge is 2.18. The van der Waals surface area contributed by atoms with Crippen LogP contribution in [-0.2, 0) is 11.3 Å². The van der Waals surface area contributed by atoms with Crippen molar-refractivity contribution in [3.63, 3.8) is 0 Å². The Labute approximate surface area is 123 Å². The molecule has 0 aromatic heterocycles. The van der Waals surface area contributed by atoms with Crippen LogP contribution in [0.3, 0.4) is 0 Å². The highest BCUT2D eigenvalue weighted by atomic mass is 32.2. The Hall–Kier alpha value is -1.69. The number of aryl methyl sites for hydroxylation is 1. The second kappa shape index (κ2) is 8.47. The number of amides is 2. The number of nitrogens with one attached hydrogen (secondary N) is 2. The number of carbonyl (C=O) groups excluding carboxylic acids is 1. The summed E-state index contributed by atoms with van der Waals surface area (Å²) in [5.41, 5.74) is 2.13. The van der Waals surface area contributed by atoms with Gasteiger partial charge in [-0.15, -0.1) is 0 Å². The molecular weight excluding hydrogens is 276 g/mol. The number of urea groups is 1. The van der Waals surface area contributed by atoms with Crippen LogP contribution in [0.15, 0.2) is 24.3 Å². The smallest absolute Gasteiger partial charge is 0.326 e. The Morgan fingerprint density at radius 3 is 2.50 bits per heavy atom. The summed E-state index contributed by atoms with van der Waals surface area (Å²) < 4.78 is 0. The molecular formula is C14H20N2O3S. The van der Waals surface area contributed by atoms with Gasteiger partial charge in [-0.3, -0.25) is 0 Å². The summed E-state index contributed by atoms with van der Waals surface area (Å²) in [6, 6.07) is 6.48. The minimum Gasteiger partial charge on any atom is -0.480 e. The van der Waals surface area contributed by atoms with Gasteiger partial charge >= 0.3 is 12.0 Å². The monoisotopic (exact) mass is 296 g/mol. The van der Waals surface area contributed by atoms with Crippen LogP contribution in [0.25, 0.3) is 0 Å². The average Bonchev–Trinajstić information content (AvgIpc) is 2.42. The maximum Gasteiger partial charge on any atom is 0.326 e. The Balaban J connectivity index is 2.41. The van der Waals surface area contributed by atoms with Gasteiger partial charge in [-0.1, -0.05) is 29.8 Å². The first kappa shape index (κ1) is 16.4. The summed E-state index contributed by atoms with van der Waals surface area (Å²) in [4.78, 5) is 22.7. The molecule has 0 radical (unpaired) electrons. The van der Waals surface area contributed by atoms with Crippen LogP contribution in [0.5, 0.6) is 0 Å². The maximum atomic E-state index is 11.7. The summed E-state index contributed by atoms with van der Waals surface area (Å²) in [5.74, 6) is -0.320. The molecule has 5 nitrogen and oxygen atoms in total. The van der Waals surface area contributed by atoms with E-state index >= 15 is 0 Å². The third kappa shape index (κ3) is 5.97. The van der Waals surface area contributed by atoms with Gasteiger partial charge < -0.3 is 15.7 Å². The molecule has 1 rings (SSSR count). The van der Waals surface area contributed by atoms with E-state index in [0.29, 0.717) is 18.7 Å². The van der Waals surface area contributed by atoms with Crippen molar-refractivity contribution < 1.29 is 14.7 Å². The third-order valence-electron chi connectivity index (χ3n) is 2.79. The van der Waals surface area contributed by atoms with Crippen molar-refractivity contribution in [1.29, 1.82) is 0 Å². The largest absolute Gasteiger partial charge is 0.480 e. The molecule has 0 spiro atoms. The fraction of sp³-hybridized carbons (Fsp3) is 0.429. The molecule has 1 unspecified atom stereocenters. The normalized spacial score (nSPS) is 11.7. The summed E-state index contributed by atoms with van der Waals surface area (Å²) in [5, 5.41) is 14.1. The zero-order valence-electron chi connectivity index (χ0n) is 11.7. The van der Waals surface area contributed by atoms with E-state index in [2.05, 4.69) is 10.6 Å². The zero-order valence-corrected chi connectivity index (χ0v) is 12.5. The second-order valence-electron chi connectivity index (χ2n) is 4.48. The van der Waals surface area contributed by atoms with Crippen molar-refractivity contribution in [2.45, 2.75) is 25.9 Å². The van der Waals surface area contributed by atoms with Crippen LogP contribution in [0, 0.1) is 6.92 Å². The number of carbonyl (C=O) groups is 2. The predicted molar refractivity (Wildman–Crippen MR) is 81.0 cm³/mol. The number of carboxylic acid groups (broad SMARTS) is 1. The first-order chi connectivity index (χ1) is 9.52. The van der Waals surface area contributed by atoms with Gasteiger partial charge in [-0.05, 0) is 30.9 Å². The van der Waals surface area contributed by atoms with Crippen LogP contribution >= 0.6 is 11.8 Å². The topological polar surface area (TPSA) is 78.4 Å². The molecule has 1 aromatic rings. The number of rotatable bonds is 7. The van der Waals surface area contributed by atoms with Crippen molar-refractivity contribution in [3.05, 3.63) is 35.4 Å². The standard InChI is InChI=1S/C14H20N2O3S/c1-10-3-5-11(6-4-10)9-15-14(19)16-12(13(17)18)7-8-20-2/h3-6,12H,7-9H2,1-2H3,(H,17,18)(H2,15,16,19). The Kier molecular flexibility index (Phi) is 6.93. The van der Waals surface area contributed by atoms with Gasteiger partial charge in [-0.25, -0.2) is 9.59 Å². The fourth-order valence-electron chi connectivity index (χ4n) is 1.59. The molecule has 1 aromatic carbocycles. The molecule has 110 valence electrons. The van der Waals surface area contributed by atoms with E-state index in [9.17, 15) is 9.59 Å². The lowest BCUT2D eigenvalue weighted by Crippen LogP contribution is -2.46. The highest BCUT2D eigenvalue weighted by Crippen LogP contribution is 2.03. The first-order valence-electron chi connectivity index (χ1n) is 6.34. The van der Waals surface area contributed by atoms with E-state index in [0.717, 1.165) is 11.1 Å². The molecule has 0 heterocycles. The average molecular weight is 296 g/mol. The summed E-state index contributed by atoms with van der Waals surface area (Å²) in [6.45, 7) is 2.37. The Morgan fingerprint density at radius 2 is 1.95 bits per heavy atom. The molecule has 6 heteroatoms. The molecule has 0 aliphatic rings. The molecule has 3 N–H and O–H groups in total. The SMILES string of the molecule is CSCCC(NC(=O)NCc1ccc(C)cc1)C(=O)O. The molecule has 0 aliphatic heterocycles. The van der Waals surface area contributed by atoms with Gasteiger partial charge in [0, 0.05) is 6.54 Å². The Bertz CT molecular complexity index is 448.